The van der Waals surface area contributed by atoms with Crippen molar-refractivity contribution >= 4 is 0 Å². The van der Waals surface area contributed by atoms with Crippen molar-refractivity contribution in [3.63, 3.8) is 0 Å². The van der Waals surface area contributed by atoms with Crippen LogP contribution in [-0.2, 0) is 0 Å². The Morgan fingerprint density at radius 1 is 0.222 bits per heavy atom. The van der Waals surface area contributed by atoms with Gasteiger partial charge in [0.05, 0.1) is 0 Å². The monoisotopic (exact) mass is 160 g/mol. The maximum absolute atomic E-state index is 0. The van der Waals surface area contributed by atoms with Crippen molar-refractivity contribution in [1.29, 1.82) is 0 Å². The molecule has 8 heteroatoms. The highest BCUT2D eigenvalue weighted by molar-refractivity contribution is 2.50. The fourth-order valence-electron chi connectivity index (χ4n) is 0. The molecule has 0 amide bonds. The summed E-state index contributed by atoms with van der Waals surface area (Å²) in [5, 5.41) is 0. The topological polar surface area (TPSA) is 252 Å². The number of hydrogen-bond acceptors (Lipinski definition) is 0. The Morgan fingerprint density at radius 3 is 0.222 bits per heavy atom. The first-order chi connectivity index (χ1) is 0. The number of hydrogen-bond donors (Lipinski definition) is 0. The van der Waals surface area contributed by atoms with Crippen LogP contribution in [0.1, 0.15) is 7.43 Å². The summed E-state index contributed by atoms with van der Waals surface area (Å²) >= 11 is 0. The van der Waals surface area contributed by atoms with E-state index in [-0.39, 0.29) is 51.2 Å². The van der Waals surface area contributed by atoms with E-state index in [0.717, 1.165) is 0 Å². The molecular formula is CH20O8. The lowest BCUT2D eigenvalue weighted by Gasteiger charge is -0.413. The first kappa shape index (κ1) is 5000. The third kappa shape index (κ3) is 2420. The van der Waals surface area contributed by atoms with E-state index in [9.17, 15) is 0 Å². The van der Waals surface area contributed by atoms with E-state index in [1.807, 2.05) is 0 Å². The molecule has 0 heterocycles. The van der Waals surface area contributed by atoms with Crippen molar-refractivity contribution in [2.24, 2.45) is 0 Å². The average molecular weight is 160 g/mol. The van der Waals surface area contributed by atoms with E-state index < -0.39 is 0 Å². The van der Waals surface area contributed by atoms with Crippen LogP contribution in [0.4, 0.5) is 0 Å². The SMILES string of the molecule is C.O.O.O.O.O.O.O.O. The molecular weight excluding hydrogens is 140 g/mol. The summed E-state index contributed by atoms with van der Waals surface area (Å²) in [7, 11) is 0. The van der Waals surface area contributed by atoms with Gasteiger partial charge in [-0.15, -0.1) is 0 Å². The van der Waals surface area contributed by atoms with Gasteiger partial charge in [-0.1, -0.05) is 7.43 Å². The zero-order valence-electron chi connectivity index (χ0n) is 4.00. The Morgan fingerprint density at radius 2 is 0.222 bits per heavy atom. The Bertz CT molecular complexity index is 4.53. The number of rotatable bonds is 0. The van der Waals surface area contributed by atoms with Gasteiger partial charge in [-0.3, -0.25) is 0 Å². The van der Waals surface area contributed by atoms with Crippen LogP contribution in [0.5, 0.6) is 0 Å². The maximum atomic E-state index is 0. The third-order valence-electron chi connectivity index (χ3n) is 0. The van der Waals surface area contributed by atoms with Gasteiger partial charge in [-0.25, -0.2) is 0 Å². The summed E-state index contributed by atoms with van der Waals surface area (Å²) < 4.78 is 0. The molecule has 0 aliphatic rings. The van der Waals surface area contributed by atoms with Gasteiger partial charge in [0.1, 0.15) is 0 Å². The second kappa shape index (κ2) is 3350. The highest BCUT2D eigenvalue weighted by Gasteiger charge is -0.0775. The molecule has 0 spiro atoms. The predicted octanol–water partition coefficient (Wildman–Crippen LogP) is -5.96. The highest BCUT2D eigenvalue weighted by Crippen LogP contribution is 0.144. The summed E-state index contributed by atoms with van der Waals surface area (Å²) in [5.74, 6) is 0. The Kier molecular flexibility index (Phi) is 1860000. The van der Waals surface area contributed by atoms with Crippen LogP contribution >= 0.6 is 0 Å². The van der Waals surface area contributed by atoms with Gasteiger partial charge in [0, 0.05) is 0 Å². The molecule has 0 aromatic rings. The molecule has 0 rings (SSSR count). The molecule has 72 valence electrons. The molecule has 0 aliphatic heterocycles. The van der Waals surface area contributed by atoms with Gasteiger partial charge < -0.3 is 43.8 Å². The van der Waals surface area contributed by atoms with Crippen LogP contribution in [0.2, 0.25) is 0 Å². The van der Waals surface area contributed by atoms with Crippen molar-refractivity contribution < 1.29 is 43.8 Å². The van der Waals surface area contributed by atoms with Crippen LogP contribution in [0, 0.1) is 0 Å². The van der Waals surface area contributed by atoms with E-state index in [4.69, 9.17) is 0 Å². The second-order valence-electron chi connectivity index (χ2n) is 0. The summed E-state index contributed by atoms with van der Waals surface area (Å²) in [6, 6.07) is 0. The molecule has 0 aliphatic carbocycles. The first-order valence-electron chi connectivity index (χ1n) is 0. The molecule has 16 N–H and O–H groups in total. The lowest BCUT2D eigenvalue weighted by atomic mass is 12.0. The Labute approximate surface area is 52.6 Å². The van der Waals surface area contributed by atoms with Gasteiger partial charge >= 0.3 is 0 Å². The smallest absolute Gasteiger partial charge is 0.0776 e. The van der Waals surface area contributed by atoms with E-state index in [2.05, 4.69) is 0 Å². The zero-order chi connectivity index (χ0) is 0. The van der Waals surface area contributed by atoms with E-state index in [1.165, 1.54) is 0 Å². The van der Waals surface area contributed by atoms with Crippen LogP contribution in [0.3, 0.4) is 0 Å². The predicted molar refractivity (Wildman–Crippen MR) is 35.6 cm³/mol. The van der Waals surface area contributed by atoms with Crippen molar-refractivity contribution in [3.8, 4) is 0 Å². The zero-order valence-corrected chi connectivity index (χ0v) is 4.00. The molecule has 0 saturated heterocycles. The minimum Gasteiger partial charge on any atom is -0.412 e. The maximum Gasteiger partial charge on any atom is -0.0776 e. The van der Waals surface area contributed by atoms with Gasteiger partial charge in [0.25, 0.3) is 0 Å². The van der Waals surface area contributed by atoms with Crippen molar-refractivity contribution in [1.82, 2.24) is 0 Å². The quantitative estimate of drug-likeness (QED) is 0.320. The first-order valence-corrected chi connectivity index (χ1v) is 0. The summed E-state index contributed by atoms with van der Waals surface area (Å²) in [4.78, 5) is 0. The standard InChI is InChI=1S/CH4.8H2O/h1H4;8*1H2. The second-order valence-corrected chi connectivity index (χ2v) is 0. The summed E-state index contributed by atoms with van der Waals surface area (Å²) in [6.07, 6.45) is 0. The average Bonchev–Trinajstić information content (AvgIpc) is 0. The fraction of sp³-hybridized carbons (Fsp3) is 1.00. The van der Waals surface area contributed by atoms with Crippen molar-refractivity contribution in [2.75, 3.05) is 0 Å². The molecule has 0 unspecified atom stereocenters. The van der Waals surface area contributed by atoms with Crippen LogP contribution in [-0.4, -0.2) is 43.8 Å². The molecule has 0 radical (unpaired) electrons. The lowest BCUT2D eigenvalue weighted by Crippen LogP contribution is -0.290. The molecule has 0 atom stereocenters. The summed E-state index contributed by atoms with van der Waals surface area (Å²) in [5.41, 5.74) is 0. The summed E-state index contributed by atoms with van der Waals surface area (Å²) in [6.45, 7) is 0. The molecule has 0 saturated carbocycles. The molecule has 8 nitrogen and oxygen atoms in total. The van der Waals surface area contributed by atoms with Gasteiger partial charge in [-0.05, 0) is 0 Å². The van der Waals surface area contributed by atoms with Crippen LogP contribution < -0.4 is 0 Å². The minimum absolute atomic E-state index is 0. The Hall–Kier alpha value is -0.320. The van der Waals surface area contributed by atoms with E-state index in [1.54, 1.807) is 0 Å². The van der Waals surface area contributed by atoms with Crippen LogP contribution in [0.25, 0.3) is 0 Å². The molecule has 0 bridgehead atoms. The largest absolute Gasteiger partial charge is 0.412 e. The third-order valence-corrected chi connectivity index (χ3v) is 0. The van der Waals surface area contributed by atoms with Crippen molar-refractivity contribution in [2.45, 2.75) is 7.43 Å². The normalized spacial score (nSPS) is 0. The van der Waals surface area contributed by atoms with E-state index >= 15 is 0 Å². The highest BCUT2D eigenvalue weighted by atomic mass is 16.0. The van der Waals surface area contributed by atoms with Gasteiger partial charge in [0.2, 0.25) is 0 Å². The van der Waals surface area contributed by atoms with E-state index in [0.29, 0.717) is 0 Å². The molecule has 0 fully saturated rings. The minimum atomic E-state index is 0. The Balaban J connectivity index is 0. The van der Waals surface area contributed by atoms with Crippen molar-refractivity contribution in [3.05, 3.63) is 0 Å². The fourth-order valence-corrected chi connectivity index (χ4v) is 0. The lowest BCUT2D eigenvalue weighted by molar-refractivity contribution is 0.823. The van der Waals surface area contributed by atoms with Crippen LogP contribution in [0.15, 0.2) is 0 Å². The van der Waals surface area contributed by atoms with Gasteiger partial charge in [0.15, 0.2) is 0 Å². The molecule has 0 aromatic heterocycles. The molecule has 0 aromatic carbocycles. The van der Waals surface area contributed by atoms with Gasteiger partial charge in [-0.2, -0.15) is 0 Å². The molecule has 9 heavy (non-hydrogen) atoms.